The highest BCUT2D eigenvalue weighted by molar-refractivity contribution is 5.77. The number of rotatable bonds is 15. The van der Waals surface area contributed by atoms with E-state index in [0.29, 0.717) is 12.8 Å². The first-order valence-electron chi connectivity index (χ1n) is 10.6. The van der Waals surface area contributed by atoms with Crippen LogP contribution in [0.4, 0.5) is 0 Å². The maximum atomic E-state index is 7.27. The zero-order valence-corrected chi connectivity index (χ0v) is 17.7. The van der Waals surface area contributed by atoms with Crippen LogP contribution in [0.2, 0.25) is 0 Å². The molecule has 2 aromatic carbocycles. The van der Waals surface area contributed by atoms with Crippen LogP contribution in [0, 0.1) is 10.8 Å². The minimum atomic E-state index is 0.222. The maximum absolute atomic E-state index is 7.27. The smallest absolute Gasteiger partial charge is 0.119 e. The molecule has 0 saturated heterocycles. The highest BCUT2D eigenvalue weighted by atomic mass is 16.5. The van der Waals surface area contributed by atoms with Crippen LogP contribution in [0.1, 0.15) is 49.7 Å². The Kier molecular flexibility index (Phi) is 10.3. The lowest BCUT2D eigenvalue weighted by atomic mass is 10.1. The lowest BCUT2D eigenvalue weighted by Crippen LogP contribution is -2.10. The molecule has 0 atom stereocenters. The van der Waals surface area contributed by atoms with Gasteiger partial charge < -0.3 is 20.9 Å². The minimum Gasteiger partial charge on any atom is -0.494 e. The highest BCUT2D eigenvalue weighted by Crippen LogP contribution is 2.15. The summed E-state index contributed by atoms with van der Waals surface area (Å²) in [6.45, 7) is 1.44. The van der Waals surface area contributed by atoms with E-state index in [-0.39, 0.29) is 11.7 Å². The van der Waals surface area contributed by atoms with Crippen molar-refractivity contribution in [3.05, 3.63) is 59.7 Å². The summed E-state index contributed by atoms with van der Waals surface area (Å²) in [5.74, 6) is 2.22. The molecule has 0 unspecified atom stereocenters. The van der Waals surface area contributed by atoms with Crippen molar-refractivity contribution in [1.29, 1.82) is 10.8 Å². The van der Waals surface area contributed by atoms with Crippen molar-refractivity contribution >= 4 is 11.7 Å². The van der Waals surface area contributed by atoms with Crippen LogP contribution in [0.3, 0.4) is 0 Å². The van der Waals surface area contributed by atoms with Crippen molar-refractivity contribution < 1.29 is 9.47 Å². The molecular formula is C24H34N4O2. The van der Waals surface area contributed by atoms with Crippen molar-refractivity contribution in [2.45, 2.75) is 51.4 Å². The summed E-state index contributed by atoms with van der Waals surface area (Å²) >= 11 is 0. The maximum Gasteiger partial charge on any atom is 0.119 e. The summed E-state index contributed by atoms with van der Waals surface area (Å²) in [6.07, 6.45) is 7.05. The van der Waals surface area contributed by atoms with E-state index in [0.717, 1.165) is 63.2 Å². The van der Waals surface area contributed by atoms with Gasteiger partial charge in [0.1, 0.15) is 11.5 Å². The molecule has 0 spiro atoms. The summed E-state index contributed by atoms with van der Waals surface area (Å²) < 4.78 is 11.6. The molecule has 0 aliphatic rings. The predicted molar refractivity (Wildman–Crippen MR) is 123 cm³/mol. The second kappa shape index (κ2) is 13.2. The van der Waals surface area contributed by atoms with Crippen LogP contribution < -0.4 is 20.9 Å². The molecule has 2 aromatic rings. The third-order valence-electron chi connectivity index (χ3n) is 4.79. The number of unbranched alkanes of at least 4 members (excludes halogenated alkanes) is 3. The first kappa shape index (κ1) is 23.3. The van der Waals surface area contributed by atoms with E-state index in [1.165, 1.54) is 11.1 Å². The molecule has 0 heterocycles. The van der Waals surface area contributed by atoms with Crippen LogP contribution in [-0.2, 0) is 12.8 Å². The number of hydrogen-bond acceptors (Lipinski definition) is 4. The molecule has 0 aliphatic heterocycles. The molecule has 0 aromatic heterocycles. The number of benzene rings is 2. The van der Waals surface area contributed by atoms with E-state index < -0.39 is 0 Å². The average molecular weight is 411 g/mol. The van der Waals surface area contributed by atoms with Gasteiger partial charge in [0.05, 0.1) is 24.9 Å². The van der Waals surface area contributed by atoms with Crippen molar-refractivity contribution in [1.82, 2.24) is 0 Å². The topological polar surface area (TPSA) is 118 Å². The van der Waals surface area contributed by atoms with E-state index in [4.69, 9.17) is 31.8 Å². The normalized spacial score (nSPS) is 10.5. The molecule has 162 valence electrons. The molecule has 6 N–H and O–H groups in total. The van der Waals surface area contributed by atoms with Gasteiger partial charge in [-0.1, -0.05) is 24.3 Å². The van der Waals surface area contributed by atoms with Crippen LogP contribution in [0.5, 0.6) is 11.5 Å². The van der Waals surface area contributed by atoms with Gasteiger partial charge in [-0.3, -0.25) is 10.8 Å². The van der Waals surface area contributed by atoms with E-state index in [2.05, 4.69) is 0 Å². The lowest BCUT2D eigenvalue weighted by molar-refractivity contribution is 0.287. The molecule has 0 amide bonds. The van der Waals surface area contributed by atoms with Crippen LogP contribution in [0.15, 0.2) is 48.5 Å². The van der Waals surface area contributed by atoms with Gasteiger partial charge in [0, 0.05) is 12.8 Å². The fraction of sp³-hybridized carbons (Fsp3) is 0.417. The summed E-state index contributed by atoms with van der Waals surface area (Å²) in [6, 6.07) is 16.1. The Labute approximate surface area is 179 Å². The standard InChI is InChI=1S/C24H34N4O2/c25-23(26)15-9-19-5-11-21(12-6-19)29-17-3-1-2-4-18-30-22-13-7-20(8-14-22)10-16-24(27)28/h5-8,11-14H,1-4,9-10,15-18H2,(H3,25,26)(H3,27,28). The molecule has 0 saturated carbocycles. The van der Waals surface area contributed by atoms with Gasteiger partial charge >= 0.3 is 0 Å². The van der Waals surface area contributed by atoms with E-state index in [1.807, 2.05) is 48.5 Å². The zero-order chi connectivity index (χ0) is 21.6. The Balaban J connectivity index is 1.50. The molecule has 6 nitrogen and oxygen atoms in total. The molecule has 0 fully saturated rings. The summed E-state index contributed by atoms with van der Waals surface area (Å²) in [4.78, 5) is 0. The summed E-state index contributed by atoms with van der Waals surface area (Å²) in [5.41, 5.74) is 13.1. The number of hydrogen-bond donors (Lipinski definition) is 4. The van der Waals surface area contributed by atoms with Gasteiger partial charge in [-0.2, -0.15) is 0 Å². The second-order valence-electron chi connectivity index (χ2n) is 7.45. The largest absolute Gasteiger partial charge is 0.494 e. The fourth-order valence-corrected chi connectivity index (χ4v) is 3.00. The summed E-state index contributed by atoms with van der Waals surface area (Å²) in [5, 5.41) is 14.5. The zero-order valence-electron chi connectivity index (χ0n) is 17.7. The Hall–Kier alpha value is -3.02. The SMILES string of the molecule is N=C(N)CCc1ccc(OCCCCCCOc2ccc(CCC(=N)N)cc2)cc1. The molecule has 0 aliphatic carbocycles. The number of nitrogens with one attached hydrogen (secondary N) is 2. The van der Waals surface area contributed by atoms with Crippen molar-refractivity contribution in [2.24, 2.45) is 11.5 Å². The monoisotopic (exact) mass is 410 g/mol. The Morgan fingerprint density at radius 1 is 0.600 bits per heavy atom. The first-order chi connectivity index (χ1) is 14.5. The minimum absolute atomic E-state index is 0.222. The lowest BCUT2D eigenvalue weighted by Gasteiger charge is -2.08. The molecule has 30 heavy (non-hydrogen) atoms. The Morgan fingerprint density at radius 2 is 0.967 bits per heavy atom. The third kappa shape index (κ3) is 9.96. The number of nitrogens with two attached hydrogens (primary N) is 2. The van der Waals surface area contributed by atoms with Crippen LogP contribution in [-0.4, -0.2) is 24.9 Å². The van der Waals surface area contributed by atoms with E-state index >= 15 is 0 Å². The molecule has 6 heteroatoms. The van der Waals surface area contributed by atoms with Gasteiger partial charge in [-0.05, 0) is 73.9 Å². The van der Waals surface area contributed by atoms with Crippen molar-refractivity contribution in [2.75, 3.05) is 13.2 Å². The summed E-state index contributed by atoms with van der Waals surface area (Å²) in [7, 11) is 0. The van der Waals surface area contributed by atoms with Gasteiger partial charge in [-0.15, -0.1) is 0 Å². The van der Waals surface area contributed by atoms with Gasteiger partial charge in [-0.25, -0.2) is 0 Å². The van der Waals surface area contributed by atoms with Gasteiger partial charge in [0.25, 0.3) is 0 Å². The number of ether oxygens (including phenoxy) is 2. The third-order valence-corrected chi connectivity index (χ3v) is 4.79. The highest BCUT2D eigenvalue weighted by Gasteiger charge is 2.00. The predicted octanol–water partition coefficient (Wildman–Crippen LogP) is 4.44. The molecule has 0 bridgehead atoms. The van der Waals surface area contributed by atoms with Crippen LogP contribution >= 0.6 is 0 Å². The number of amidine groups is 2. The Morgan fingerprint density at radius 3 is 1.30 bits per heavy atom. The van der Waals surface area contributed by atoms with Crippen molar-refractivity contribution in [3.8, 4) is 11.5 Å². The van der Waals surface area contributed by atoms with E-state index in [1.54, 1.807) is 0 Å². The van der Waals surface area contributed by atoms with Crippen molar-refractivity contribution in [3.63, 3.8) is 0 Å². The molecular weight excluding hydrogens is 376 g/mol. The van der Waals surface area contributed by atoms with Gasteiger partial charge in [0.15, 0.2) is 0 Å². The second-order valence-corrected chi connectivity index (χ2v) is 7.45. The average Bonchev–Trinajstić information content (AvgIpc) is 2.74. The fourth-order valence-electron chi connectivity index (χ4n) is 3.00. The number of aryl methyl sites for hydroxylation is 2. The quantitative estimate of drug-likeness (QED) is 0.197. The van der Waals surface area contributed by atoms with E-state index in [9.17, 15) is 0 Å². The molecule has 2 rings (SSSR count). The molecule has 0 radical (unpaired) electrons. The Bertz CT molecular complexity index is 705. The first-order valence-corrected chi connectivity index (χ1v) is 10.6. The van der Waals surface area contributed by atoms with Crippen LogP contribution in [0.25, 0.3) is 0 Å². The van der Waals surface area contributed by atoms with Gasteiger partial charge in [0.2, 0.25) is 0 Å².